The van der Waals surface area contributed by atoms with Crippen molar-refractivity contribution in [2.24, 2.45) is 0 Å². The van der Waals surface area contributed by atoms with Crippen molar-refractivity contribution in [3.8, 4) is 0 Å². The minimum Gasteiger partial charge on any atom is -0.453 e. The van der Waals surface area contributed by atoms with Gasteiger partial charge in [-0.25, -0.2) is 0 Å². The first-order chi connectivity index (χ1) is 12.5. The van der Waals surface area contributed by atoms with E-state index in [0.29, 0.717) is 16.5 Å². The topological polar surface area (TPSA) is 55.4 Å². The highest BCUT2D eigenvalue weighted by atomic mass is 35.5. The maximum atomic E-state index is 12.1. The van der Waals surface area contributed by atoms with Gasteiger partial charge >= 0.3 is 5.97 Å². The second kappa shape index (κ2) is 10.2. The lowest BCUT2D eigenvalue weighted by molar-refractivity contribution is -0.152. The SMILES string of the molecule is CCc1ccc(NC(=O)[C@@H](C)OC(=O)CCSc2ccc(Cl)cc2)cc1. The lowest BCUT2D eigenvalue weighted by Gasteiger charge is -2.13. The first-order valence-electron chi connectivity index (χ1n) is 8.45. The molecular formula is C20H22ClNO3S. The summed E-state index contributed by atoms with van der Waals surface area (Å²) in [7, 11) is 0. The van der Waals surface area contributed by atoms with Crippen molar-refractivity contribution in [1.82, 2.24) is 0 Å². The van der Waals surface area contributed by atoms with Gasteiger partial charge in [0.05, 0.1) is 6.42 Å². The van der Waals surface area contributed by atoms with Gasteiger partial charge in [-0.3, -0.25) is 9.59 Å². The first-order valence-corrected chi connectivity index (χ1v) is 9.82. The van der Waals surface area contributed by atoms with Crippen molar-refractivity contribution in [3.05, 3.63) is 59.1 Å². The van der Waals surface area contributed by atoms with Crippen molar-refractivity contribution in [3.63, 3.8) is 0 Å². The maximum Gasteiger partial charge on any atom is 0.307 e. The molecule has 26 heavy (non-hydrogen) atoms. The van der Waals surface area contributed by atoms with Gasteiger partial charge in [-0.1, -0.05) is 30.7 Å². The second-order valence-electron chi connectivity index (χ2n) is 5.72. The molecule has 2 aromatic rings. The molecule has 0 unspecified atom stereocenters. The van der Waals surface area contributed by atoms with Gasteiger partial charge in [0.25, 0.3) is 5.91 Å². The Hall–Kier alpha value is -1.98. The third-order valence-electron chi connectivity index (χ3n) is 3.70. The molecule has 0 aliphatic rings. The van der Waals surface area contributed by atoms with Gasteiger partial charge in [0, 0.05) is 21.4 Å². The highest BCUT2D eigenvalue weighted by molar-refractivity contribution is 7.99. The van der Waals surface area contributed by atoms with E-state index in [4.69, 9.17) is 16.3 Å². The number of nitrogens with one attached hydrogen (secondary N) is 1. The number of hydrogen-bond donors (Lipinski definition) is 1. The molecule has 0 heterocycles. The highest BCUT2D eigenvalue weighted by Crippen LogP contribution is 2.21. The van der Waals surface area contributed by atoms with Crippen molar-refractivity contribution >= 4 is 40.9 Å². The summed E-state index contributed by atoms with van der Waals surface area (Å²) in [6, 6.07) is 15.0. The van der Waals surface area contributed by atoms with Crippen LogP contribution in [0.4, 0.5) is 5.69 Å². The standard InChI is InChI=1S/C20H22ClNO3S/c1-3-15-4-8-17(9-5-15)22-20(24)14(2)25-19(23)12-13-26-18-10-6-16(21)7-11-18/h4-11,14H,3,12-13H2,1-2H3,(H,22,24)/t14-/m1/s1. The fourth-order valence-electron chi connectivity index (χ4n) is 2.16. The van der Waals surface area contributed by atoms with E-state index in [-0.39, 0.29) is 12.3 Å². The maximum absolute atomic E-state index is 12.1. The van der Waals surface area contributed by atoms with Gasteiger partial charge in [-0.2, -0.15) is 0 Å². The third-order valence-corrected chi connectivity index (χ3v) is 4.96. The molecule has 0 bridgehead atoms. The quantitative estimate of drug-likeness (QED) is 0.510. The molecule has 0 saturated heterocycles. The predicted octanol–water partition coefficient (Wildman–Crippen LogP) is 4.96. The number of aryl methyl sites for hydroxylation is 1. The van der Waals surface area contributed by atoms with Gasteiger partial charge < -0.3 is 10.1 Å². The third kappa shape index (κ3) is 6.73. The monoisotopic (exact) mass is 391 g/mol. The molecule has 2 rings (SSSR count). The van der Waals surface area contributed by atoms with E-state index in [9.17, 15) is 9.59 Å². The molecule has 0 aliphatic heterocycles. The number of benzene rings is 2. The average molecular weight is 392 g/mol. The summed E-state index contributed by atoms with van der Waals surface area (Å²) in [5, 5.41) is 3.43. The zero-order chi connectivity index (χ0) is 18.9. The number of amides is 1. The smallest absolute Gasteiger partial charge is 0.307 e. The summed E-state index contributed by atoms with van der Waals surface area (Å²) in [5.41, 5.74) is 1.88. The summed E-state index contributed by atoms with van der Waals surface area (Å²) in [4.78, 5) is 25.1. The number of carbonyl (C=O) groups is 2. The van der Waals surface area contributed by atoms with Crippen LogP contribution in [0.3, 0.4) is 0 Å². The molecule has 6 heteroatoms. The molecule has 0 saturated carbocycles. The molecular weight excluding hydrogens is 370 g/mol. The van der Waals surface area contributed by atoms with Crippen molar-refractivity contribution < 1.29 is 14.3 Å². The van der Waals surface area contributed by atoms with Crippen LogP contribution in [0.25, 0.3) is 0 Å². The van der Waals surface area contributed by atoms with E-state index in [1.54, 1.807) is 6.92 Å². The van der Waals surface area contributed by atoms with E-state index in [2.05, 4.69) is 12.2 Å². The number of ether oxygens (including phenoxy) is 1. The molecule has 0 aromatic heterocycles. The summed E-state index contributed by atoms with van der Waals surface area (Å²) in [5.74, 6) is -0.156. The molecule has 1 atom stereocenters. The Bertz CT molecular complexity index is 732. The lowest BCUT2D eigenvalue weighted by atomic mass is 10.1. The molecule has 1 amide bonds. The van der Waals surface area contributed by atoms with E-state index in [1.807, 2.05) is 48.5 Å². The molecule has 0 radical (unpaired) electrons. The summed E-state index contributed by atoms with van der Waals surface area (Å²) in [6.07, 6.45) is 0.334. The summed E-state index contributed by atoms with van der Waals surface area (Å²) >= 11 is 7.37. The van der Waals surface area contributed by atoms with Gasteiger partial charge in [-0.15, -0.1) is 11.8 Å². The van der Waals surface area contributed by atoms with Crippen molar-refractivity contribution in [1.29, 1.82) is 0 Å². The Labute approximate surface area is 163 Å². The Kier molecular flexibility index (Phi) is 8.01. The molecule has 0 spiro atoms. The van der Waals surface area contributed by atoms with E-state index >= 15 is 0 Å². The average Bonchev–Trinajstić information content (AvgIpc) is 2.64. The number of hydrogen-bond acceptors (Lipinski definition) is 4. The van der Waals surface area contributed by atoms with Gasteiger partial charge in [0.2, 0.25) is 0 Å². The molecule has 4 nitrogen and oxygen atoms in total. The summed E-state index contributed by atoms with van der Waals surface area (Å²) < 4.78 is 5.20. The first kappa shape index (κ1) is 20.3. The second-order valence-corrected chi connectivity index (χ2v) is 7.33. The molecule has 138 valence electrons. The van der Waals surface area contributed by atoms with Crippen molar-refractivity contribution in [2.45, 2.75) is 37.7 Å². The minimum absolute atomic E-state index is 0.232. The molecule has 0 aliphatic carbocycles. The number of thioether (sulfide) groups is 1. The zero-order valence-corrected chi connectivity index (χ0v) is 16.4. The molecule has 1 N–H and O–H groups in total. The van der Waals surface area contributed by atoms with Crippen LogP contribution in [0.2, 0.25) is 5.02 Å². The van der Waals surface area contributed by atoms with Gasteiger partial charge in [-0.05, 0) is 55.3 Å². The number of rotatable bonds is 8. The number of anilines is 1. The Morgan fingerprint density at radius 3 is 2.38 bits per heavy atom. The molecule has 2 aromatic carbocycles. The van der Waals surface area contributed by atoms with Crippen LogP contribution in [0.5, 0.6) is 0 Å². The van der Waals surface area contributed by atoms with Gasteiger partial charge in [0.15, 0.2) is 6.10 Å². The minimum atomic E-state index is -0.839. The van der Waals surface area contributed by atoms with Crippen LogP contribution in [-0.4, -0.2) is 23.7 Å². The largest absolute Gasteiger partial charge is 0.453 e. The Balaban J connectivity index is 1.72. The normalized spacial score (nSPS) is 11.7. The molecule has 0 fully saturated rings. The van der Waals surface area contributed by atoms with Crippen LogP contribution < -0.4 is 5.32 Å². The Morgan fingerprint density at radius 2 is 1.77 bits per heavy atom. The van der Waals surface area contributed by atoms with E-state index < -0.39 is 12.1 Å². The van der Waals surface area contributed by atoms with Gasteiger partial charge in [0.1, 0.15) is 0 Å². The summed E-state index contributed by atoms with van der Waals surface area (Å²) in [6.45, 7) is 3.64. The van der Waals surface area contributed by atoms with E-state index in [0.717, 1.165) is 11.3 Å². The van der Waals surface area contributed by atoms with Crippen LogP contribution in [-0.2, 0) is 20.7 Å². The number of carbonyl (C=O) groups excluding carboxylic acids is 2. The predicted molar refractivity (Wildman–Crippen MR) is 107 cm³/mol. The Morgan fingerprint density at radius 1 is 1.12 bits per heavy atom. The van der Waals surface area contributed by atoms with Crippen LogP contribution >= 0.6 is 23.4 Å². The highest BCUT2D eigenvalue weighted by Gasteiger charge is 2.17. The fourth-order valence-corrected chi connectivity index (χ4v) is 3.12. The number of halogens is 1. The van der Waals surface area contributed by atoms with Crippen molar-refractivity contribution in [2.75, 3.05) is 11.1 Å². The zero-order valence-electron chi connectivity index (χ0n) is 14.8. The fraction of sp³-hybridized carbons (Fsp3) is 0.300. The lowest BCUT2D eigenvalue weighted by Crippen LogP contribution is -2.30. The van der Waals surface area contributed by atoms with Crippen LogP contribution in [0.15, 0.2) is 53.4 Å². The van der Waals surface area contributed by atoms with Crippen LogP contribution in [0.1, 0.15) is 25.8 Å². The van der Waals surface area contributed by atoms with E-state index in [1.165, 1.54) is 17.3 Å². The number of esters is 1. The van der Waals surface area contributed by atoms with Crippen LogP contribution in [0, 0.1) is 0 Å².